The summed E-state index contributed by atoms with van der Waals surface area (Å²) in [5.41, 5.74) is 8.86. The first-order valence-electron chi connectivity index (χ1n) is 26.0. The highest BCUT2D eigenvalue weighted by Gasteiger charge is 2.44. The Hall–Kier alpha value is -2.82. The van der Waals surface area contributed by atoms with Gasteiger partial charge in [0.1, 0.15) is 49.2 Å². The molecule has 3 aromatic rings. The van der Waals surface area contributed by atoms with Crippen LogP contribution in [0.4, 0.5) is 5.69 Å². The van der Waals surface area contributed by atoms with Gasteiger partial charge in [-0.3, -0.25) is 9.32 Å². The number of rotatable bonds is 22. The van der Waals surface area contributed by atoms with Gasteiger partial charge >= 0.3 is 29.4 Å². The van der Waals surface area contributed by atoms with Crippen molar-refractivity contribution in [2.24, 2.45) is 0 Å². The number of anilines is 1. The van der Waals surface area contributed by atoms with Crippen LogP contribution in [0.1, 0.15) is 121 Å². The van der Waals surface area contributed by atoms with Crippen LogP contribution in [0.15, 0.2) is 30.3 Å². The van der Waals surface area contributed by atoms with Crippen molar-refractivity contribution in [1.29, 1.82) is 0 Å². The molecule has 2 unspecified atom stereocenters. The third-order valence-corrected chi connectivity index (χ3v) is 23.6. The fraction of sp³-hybridized carbons (Fsp3) is 0.549. The van der Waals surface area contributed by atoms with Gasteiger partial charge in [-0.15, -0.1) is 0 Å². The Morgan fingerprint density at radius 2 is 1.58 bits per heavy atom. The summed E-state index contributed by atoms with van der Waals surface area (Å²) in [5, 5.41) is 16.2. The summed E-state index contributed by atoms with van der Waals surface area (Å²) in [6, 6.07) is 8.91. The molecule has 0 aromatic heterocycles. The first-order valence-corrected chi connectivity index (χ1v) is 35.2. The van der Waals surface area contributed by atoms with Gasteiger partial charge in [-0.05, 0) is 94.2 Å². The van der Waals surface area contributed by atoms with E-state index in [1.165, 1.54) is 71.7 Å². The van der Waals surface area contributed by atoms with Gasteiger partial charge in [0.2, 0.25) is 5.36 Å². The van der Waals surface area contributed by atoms with Crippen molar-refractivity contribution in [2.75, 3.05) is 62.7 Å². The molecule has 0 spiro atoms. The number of carboxylic acid groups (broad SMARTS) is 1. The van der Waals surface area contributed by atoms with E-state index in [4.69, 9.17) is 33.3 Å². The van der Waals surface area contributed by atoms with Crippen LogP contribution in [0, 0.1) is 11.7 Å². The lowest BCUT2D eigenvalue weighted by Gasteiger charge is -2.39. The Morgan fingerprint density at radius 1 is 0.861 bits per heavy atom. The predicted molar refractivity (Wildman–Crippen MR) is 307 cm³/mol. The molecule has 5 atom stereocenters. The third-order valence-electron chi connectivity index (χ3n) is 13.8. The molecule has 1 saturated heterocycles. The predicted octanol–water partition coefficient (Wildman–Crippen LogP) is 7.33. The van der Waals surface area contributed by atoms with Crippen molar-refractivity contribution < 1.29 is 80.1 Å². The van der Waals surface area contributed by atoms with Crippen molar-refractivity contribution in [3.8, 4) is 23.2 Å². The highest BCUT2D eigenvalue weighted by molar-refractivity contribution is 8.77. The topological polar surface area (TPSA) is 269 Å². The second-order valence-corrected chi connectivity index (χ2v) is 31.9. The highest BCUT2D eigenvalue weighted by Crippen LogP contribution is 2.66. The van der Waals surface area contributed by atoms with Crippen molar-refractivity contribution in [2.45, 2.75) is 120 Å². The zero-order valence-corrected chi connectivity index (χ0v) is 50.4. The van der Waals surface area contributed by atoms with E-state index in [0.29, 0.717) is 5.56 Å². The van der Waals surface area contributed by atoms with Crippen LogP contribution in [-0.4, -0.2) is 129 Å². The zero-order chi connectivity index (χ0) is 56.5. The Morgan fingerprint density at radius 3 is 2.33 bits per heavy atom. The number of hydrogen-bond donors (Lipinski definition) is 6. The maximum absolute atomic E-state index is 13.9. The zero-order valence-electron chi connectivity index (χ0n) is 44.4. The Labute approximate surface area is 475 Å². The second kappa shape index (κ2) is 25.2. The number of carbonyl (C=O) groups is 2. The van der Waals surface area contributed by atoms with Gasteiger partial charge in [-0.2, -0.15) is 14.4 Å². The molecule has 6 aliphatic heterocycles. The van der Waals surface area contributed by atoms with Crippen LogP contribution < -0.4 is 30.1 Å². The van der Waals surface area contributed by atoms with Gasteiger partial charge in [0, 0.05) is 86.7 Å². The van der Waals surface area contributed by atoms with Crippen LogP contribution in [0.3, 0.4) is 0 Å². The molecule has 79 heavy (non-hydrogen) atoms. The fourth-order valence-electron chi connectivity index (χ4n) is 10.8. The molecule has 9 rings (SSSR count). The third kappa shape index (κ3) is 15.3. The minimum absolute atomic E-state index is 0.0517. The molecule has 3 aromatic carbocycles. The summed E-state index contributed by atoms with van der Waals surface area (Å²) < 4.78 is 74.5. The molecular formula is C51H65BN3O17P3S4+. The van der Waals surface area contributed by atoms with E-state index in [2.05, 4.69) is 47.3 Å². The number of nitrogens with one attached hydrogen (secondary N) is 1. The number of carboxylic acids is 1. The maximum Gasteiger partial charge on any atom is 0.490 e. The molecule has 6 heterocycles. The molecule has 20 nitrogen and oxygen atoms in total. The quantitative estimate of drug-likeness (QED) is 0.00855. The summed E-state index contributed by atoms with van der Waals surface area (Å²) in [4.78, 5) is 66.9. The lowest BCUT2D eigenvalue weighted by molar-refractivity contribution is -0.0240. The van der Waals surface area contributed by atoms with Crippen molar-refractivity contribution >= 4 is 97.1 Å². The van der Waals surface area contributed by atoms with E-state index in [1.807, 2.05) is 34.6 Å². The van der Waals surface area contributed by atoms with E-state index in [1.54, 1.807) is 30.2 Å². The van der Waals surface area contributed by atoms with E-state index < -0.39 is 64.9 Å². The van der Waals surface area contributed by atoms with Gasteiger partial charge < -0.3 is 53.8 Å². The van der Waals surface area contributed by atoms with E-state index in [-0.39, 0.29) is 47.3 Å². The number of phosphoric ester groups is 1. The number of amides is 1. The van der Waals surface area contributed by atoms with Crippen LogP contribution in [0.5, 0.6) is 11.5 Å². The normalized spacial score (nSPS) is 21.0. The largest absolute Gasteiger partial charge is 0.490 e. The van der Waals surface area contributed by atoms with Crippen LogP contribution in [0.2, 0.25) is 0 Å². The molecular weight excluding hydrogens is 1160 g/mol. The van der Waals surface area contributed by atoms with Crippen LogP contribution in [-0.2, 0) is 66.7 Å². The number of carbonyl (C=O) groups excluding carboxylic acids is 1. The van der Waals surface area contributed by atoms with Crippen LogP contribution >= 0.6 is 66.6 Å². The van der Waals surface area contributed by atoms with Crippen LogP contribution in [0.25, 0.3) is 5.57 Å². The average molecular weight is 1220 g/mol. The molecule has 1 amide bonds. The molecule has 0 aliphatic carbocycles. The monoisotopic (exact) mass is 1220 g/mol. The van der Waals surface area contributed by atoms with Crippen molar-refractivity contribution in [3.05, 3.63) is 85.4 Å². The van der Waals surface area contributed by atoms with Crippen molar-refractivity contribution in [1.82, 2.24) is 9.89 Å². The average Bonchev–Trinajstić information content (AvgIpc) is 3.82. The number of aryl methyl sites for hydroxylation is 2. The number of ether oxygens (including phenoxy) is 4. The molecule has 0 saturated carbocycles. The number of phosphoric acid groups is 3. The molecule has 427 valence electrons. The first kappa shape index (κ1) is 60.8. The van der Waals surface area contributed by atoms with E-state index in [0.717, 1.165) is 105 Å². The van der Waals surface area contributed by atoms with E-state index >= 15 is 0 Å². The molecule has 1 radical (unpaired) electrons. The minimum atomic E-state index is -5.70. The number of fused-ring (bicyclic) bond motifs is 4. The summed E-state index contributed by atoms with van der Waals surface area (Å²) in [7, 11) is -9.12. The van der Waals surface area contributed by atoms with E-state index in [9.17, 15) is 38.2 Å². The summed E-state index contributed by atoms with van der Waals surface area (Å²) >= 11 is 0. The minimum Gasteiger partial charge on any atom is -0.478 e. The Balaban J connectivity index is 0.806. The molecule has 1 fully saturated rings. The number of aromatic carboxylic acids is 1. The second-order valence-electron chi connectivity index (χ2n) is 21.5. The summed E-state index contributed by atoms with van der Waals surface area (Å²) in [5.74, 6) is 6.43. The first-order chi connectivity index (χ1) is 37.3. The smallest absolute Gasteiger partial charge is 0.478 e. The van der Waals surface area contributed by atoms with Gasteiger partial charge in [0.05, 0.1) is 23.8 Å². The lowest BCUT2D eigenvalue weighted by Crippen LogP contribution is -2.45. The van der Waals surface area contributed by atoms with Gasteiger partial charge in [0.15, 0.2) is 0 Å². The Kier molecular flexibility index (Phi) is 19.4. The fourth-order valence-corrected chi connectivity index (χ4v) is 17.9. The molecule has 0 bridgehead atoms. The summed E-state index contributed by atoms with van der Waals surface area (Å²) in [6.45, 7) is 13.8. The van der Waals surface area contributed by atoms with Gasteiger partial charge in [-0.25, -0.2) is 23.1 Å². The summed E-state index contributed by atoms with van der Waals surface area (Å²) in [6.07, 6.45) is 6.44. The standard InChI is InChI=1S/C51H64BN3O17P3S4/c1-50(2,3)78-77-30-67-40-26-42(69-41(40)27-68-74(62,63)72-75(64,65)71-73(59,60)61)52-17-10-22-66-29-76-79-51(4,5)28-53-48(56)33-15-16-34(37(25-33)49(57)58)43-38-23-31-11-6-18-54-20-8-13-35(44(31)54)46(38)70-47-36-14-9-21-55-19-7-12-32(45(36)55)24-39(43)47/h15-16,23-25,40-42H,6-9,11-14,18-22,26-30H2,1-5H3,(H5-,53,56,57,58,59,60,61,62,63,64,65)/p+1/t40-,41-,42-/m1/s1. The highest BCUT2D eigenvalue weighted by atomic mass is 33.1. The lowest BCUT2D eigenvalue weighted by atomic mass is 9.71. The molecule has 28 heteroatoms. The number of hydrogen-bond acceptors (Lipinski definition) is 17. The SMILES string of the molecule is CC(C)(C)SSCO[C@@H]1C[C@H]([B]C#CCOCSSC(C)(C)CNC(=O)c2ccc(C3=c4cc5c6c(c4Oc4c3cc3c7c4CCCN7CCC3)CCC[N+]=6CCC5)c(C(=O)O)c2)O[C@@H]1COP(=O)(O)OP(=O)(O)OP(=O)(O)O. The van der Waals surface area contributed by atoms with Crippen molar-refractivity contribution in [3.63, 3.8) is 0 Å². The Bertz CT molecular complexity index is 3220. The number of benzene rings is 3. The maximum atomic E-state index is 13.9. The molecule has 6 N–H and O–H groups in total. The molecule has 6 aliphatic rings. The van der Waals surface area contributed by atoms with Gasteiger partial charge in [-0.1, -0.05) is 75.9 Å². The number of nitrogens with zero attached hydrogens (tertiary/aromatic N) is 2. The van der Waals surface area contributed by atoms with Gasteiger partial charge in [0.25, 0.3) is 13.2 Å².